The van der Waals surface area contributed by atoms with E-state index in [9.17, 15) is 31.9 Å². The van der Waals surface area contributed by atoms with E-state index in [4.69, 9.17) is 0 Å². The van der Waals surface area contributed by atoms with Gasteiger partial charge in [0.25, 0.3) is 11.8 Å². The molecule has 6 nitrogen and oxygen atoms in total. The molecule has 0 bridgehead atoms. The Morgan fingerprint density at radius 1 is 0.786 bits per heavy atom. The summed E-state index contributed by atoms with van der Waals surface area (Å²) in [7, 11) is 0. The Morgan fingerprint density at radius 2 is 1.48 bits per heavy atom. The number of benzene rings is 4. The third kappa shape index (κ3) is 8.08. The summed E-state index contributed by atoms with van der Waals surface area (Å²) in [6.07, 6.45) is 1.51. The van der Waals surface area contributed by atoms with E-state index in [0.717, 1.165) is 16.2 Å². The molecule has 4 aromatic rings. The van der Waals surface area contributed by atoms with Gasteiger partial charge in [-0.3, -0.25) is 14.4 Å². The molecule has 4 aromatic carbocycles. The van der Waals surface area contributed by atoms with Crippen LogP contribution in [0, 0.1) is 23.3 Å². The van der Waals surface area contributed by atoms with Crippen LogP contribution in [0.5, 0.6) is 0 Å². The lowest BCUT2D eigenvalue weighted by molar-refractivity contribution is -0.114. The van der Waals surface area contributed by atoms with Crippen molar-refractivity contribution in [3.8, 4) is 0 Å². The zero-order valence-electron chi connectivity index (χ0n) is 21.4. The van der Waals surface area contributed by atoms with Gasteiger partial charge in [-0.25, -0.2) is 17.6 Å². The smallest absolute Gasteiger partial charge is 0.272 e. The Kier molecular flexibility index (Phi) is 10.2. The molecule has 0 aromatic heterocycles. The van der Waals surface area contributed by atoms with E-state index >= 15 is 0 Å². The molecule has 0 spiro atoms. The summed E-state index contributed by atoms with van der Waals surface area (Å²) >= 11 is 4.32. The van der Waals surface area contributed by atoms with Gasteiger partial charge in [0, 0.05) is 26.7 Å². The monoisotopic (exact) mass is 657 g/mol. The van der Waals surface area contributed by atoms with Gasteiger partial charge in [-0.1, -0.05) is 52.3 Å². The van der Waals surface area contributed by atoms with Crippen LogP contribution in [-0.4, -0.2) is 23.5 Å². The molecule has 42 heavy (non-hydrogen) atoms. The number of anilines is 2. The Balaban J connectivity index is 1.46. The van der Waals surface area contributed by atoms with Crippen molar-refractivity contribution >= 4 is 62.9 Å². The van der Waals surface area contributed by atoms with Gasteiger partial charge in [-0.2, -0.15) is 0 Å². The molecule has 214 valence electrons. The van der Waals surface area contributed by atoms with E-state index in [-0.39, 0.29) is 17.5 Å². The molecule has 0 aliphatic heterocycles. The topological polar surface area (TPSA) is 87.3 Å². The van der Waals surface area contributed by atoms with Crippen LogP contribution in [0.3, 0.4) is 0 Å². The molecule has 0 aliphatic rings. The van der Waals surface area contributed by atoms with E-state index < -0.39 is 46.7 Å². The van der Waals surface area contributed by atoms with Crippen LogP contribution in [0.25, 0.3) is 6.08 Å². The molecule has 0 fully saturated rings. The molecular weight excluding hydrogens is 638 g/mol. The van der Waals surface area contributed by atoms with Crippen LogP contribution >= 0.6 is 27.7 Å². The maximum Gasteiger partial charge on any atom is 0.272 e. The van der Waals surface area contributed by atoms with Crippen LogP contribution < -0.4 is 16.0 Å². The summed E-state index contributed by atoms with van der Waals surface area (Å²) in [5, 5.41) is 7.18. The maximum atomic E-state index is 13.9. The predicted octanol–water partition coefficient (Wildman–Crippen LogP) is 7.15. The van der Waals surface area contributed by atoms with Gasteiger partial charge in [0.15, 0.2) is 23.3 Å². The zero-order chi connectivity index (χ0) is 30.2. The largest absolute Gasteiger partial charge is 0.321 e. The van der Waals surface area contributed by atoms with Crippen molar-refractivity contribution in [1.82, 2.24) is 5.32 Å². The maximum absolute atomic E-state index is 13.9. The number of amides is 3. The SMILES string of the molecule is O=C(CSc1cccc(NC(=O)/C(=C\c2cccc(Br)c2)NC(=O)c2ccccc2)c1)Nc1c(F)c(F)cc(F)c1F. The Hall–Kier alpha value is -4.42. The molecule has 0 radical (unpaired) electrons. The van der Waals surface area contributed by atoms with Gasteiger partial charge >= 0.3 is 0 Å². The highest BCUT2D eigenvalue weighted by molar-refractivity contribution is 9.10. The van der Waals surface area contributed by atoms with Crippen molar-refractivity contribution in [2.45, 2.75) is 4.90 Å². The van der Waals surface area contributed by atoms with Gasteiger partial charge < -0.3 is 16.0 Å². The number of nitrogens with one attached hydrogen (secondary N) is 3. The van der Waals surface area contributed by atoms with E-state index in [2.05, 4.69) is 26.6 Å². The van der Waals surface area contributed by atoms with Crippen LogP contribution in [0.15, 0.2) is 100.0 Å². The standard InChI is InChI=1S/C30H20BrF4N3O3S/c31-19-9-4-6-17(12-19)13-24(37-29(40)18-7-2-1-3-8-18)30(41)36-20-10-5-11-21(14-20)42-16-25(39)38-28-26(34)22(32)15-23(33)27(28)35/h1-15H,16H2,(H,36,41)(H,37,40)(H,38,39)/b24-13+. The number of hydrogen-bond acceptors (Lipinski definition) is 4. The normalized spacial score (nSPS) is 11.1. The van der Waals surface area contributed by atoms with Gasteiger partial charge in [0.2, 0.25) is 5.91 Å². The molecule has 0 saturated carbocycles. The number of carbonyl (C=O) groups is 3. The van der Waals surface area contributed by atoms with Gasteiger partial charge in [0.1, 0.15) is 11.4 Å². The van der Waals surface area contributed by atoms with Gasteiger partial charge in [0.05, 0.1) is 5.75 Å². The minimum Gasteiger partial charge on any atom is -0.321 e. The minimum absolute atomic E-state index is 0.0363. The predicted molar refractivity (Wildman–Crippen MR) is 157 cm³/mol. The van der Waals surface area contributed by atoms with Gasteiger partial charge in [-0.15, -0.1) is 11.8 Å². The van der Waals surface area contributed by atoms with Crippen molar-refractivity contribution < 1.29 is 31.9 Å². The van der Waals surface area contributed by atoms with Crippen molar-refractivity contribution in [3.05, 3.63) is 129 Å². The van der Waals surface area contributed by atoms with Gasteiger partial charge in [-0.05, 0) is 54.1 Å². The quantitative estimate of drug-likeness (QED) is 0.0773. The highest BCUT2D eigenvalue weighted by Crippen LogP contribution is 2.26. The number of carbonyl (C=O) groups excluding carboxylic acids is 3. The minimum atomic E-state index is -1.72. The molecule has 0 saturated heterocycles. The molecule has 0 atom stereocenters. The van der Waals surface area contributed by atoms with Crippen LogP contribution in [0.2, 0.25) is 0 Å². The summed E-state index contributed by atoms with van der Waals surface area (Å²) in [6.45, 7) is 0. The first-order valence-corrected chi connectivity index (χ1v) is 13.9. The molecule has 0 unspecified atom stereocenters. The van der Waals surface area contributed by atoms with Crippen LogP contribution in [0.1, 0.15) is 15.9 Å². The molecule has 0 heterocycles. The average molecular weight is 658 g/mol. The average Bonchev–Trinajstić information content (AvgIpc) is 2.97. The molecule has 0 aliphatic carbocycles. The zero-order valence-corrected chi connectivity index (χ0v) is 23.8. The molecular formula is C30H20BrF4N3O3S. The number of thioether (sulfide) groups is 1. The summed E-state index contributed by atoms with van der Waals surface area (Å²) in [4.78, 5) is 38.8. The summed E-state index contributed by atoms with van der Waals surface area (Å²) in [6, 6.07) is 21.8. The lowest BCUT2D eigenvalue weighted by Gasteiger charge is -2.12. The summed E-state index contributed by atoms with van der Waals surface area (Å²) < 4.78 is 55.3. The van der Waals surface area contributed by atoms with E-state index in [1.807, 2.05) is 11.4 Å². The fourth-order valence-corrected chi connectivity index (χ4v) is 4.75. The van der Waals surface area contributed by atoms with E-state index in [1.165, 1.54) is 12.1 Å². The summed E-state index contributed by atoms with van der Waals surface area (Å²) in [5.74, 6) is -9.13. The first-order chi connectivity index (χ1) is 20.1. The summed E-state index contributed by atoms with van der Waals surface area (Å²) in [5.41, 5.74) is 0.0584. The first kappa shape index (κ1) is 30.5. The van der Waals surface area contributed by atoms with Crippen molar-refractivity contribution in [2.75, 3.05) is 16.4 Å². The second-order valence-corrected chi connectivity index (χ2v) is 10.6. The van der Waals surface area contributed by atoms with E-state index in [0.29, 0.717) is 21.7 Å². The molecule has 12 heteroatoms. The lowest BCUT2D eigenvalue weighted by atomic mass is 10.1. The van der Waals surface area contributed by atoms with Crippen LogP contribution in [-0.2, 0) is 9.59 Å². The van der Waals surface area contributed by atoms with Crippen LogP contribution in [0.4, 0.5) is 28.9 Å². The third-order valence-corrected chi connectivity index (χ3v) is 7.01. The van der Waals surface area contributed by atoms with Crippen molar-refractivity contribution in [1.29, 1.82) is 0 Å². The first-order valence-electron chi connectivity index (χ1n) is 12.1. The third-order valence-electron chi connectivity index (χ3n) is 5.53. The fraction of sp³-hybridized carbons (Fsp3) is 0.0333. The Bertz CT molecular complexity index is 1660. The molecule has 3 N–H and O–H groups in total. The van der Waals surface area contributed by atoms with Crippen molar-refractivity contribution in [3.63, 3.8) is 0 Å². The Morgan fingerprint density at radius 3 is 2.17 bits per heavy atom. The highest BCUT2D eigenvalue weighted by atomic mass is 79.9. The molecule has 4 rings (SSSR count). The molecule has 3 amide bonds. The fourth-order valence-electron chi connectivity index (χ4n) is 3.57. The second kappa shape index (κ2) is 14.0. The second-order valence-electron chi connectivity index (χ2n) is 8.60. The number of hydrogen-bond donors (Lipinski definition) is 3. The van der Waals surface area contributed by atoms with E-state index in [1.54, 1.807) is 66.7 Å². The lowest BCUT2D eigenvalue weighted by Crippen LogP contribution is -2.30. The number of halogens is 5. The number of rotatable bonds is 9. The Labute approximate surface area is 250 Å². The highest BCUT2D eigenvalue weighted by Gasteiger charge is 2.21. The van der Waals surface area contributed by atoms with Crippen molar-refractivity contribution in [2.24, 2.45) is 0 Å².